The van der Waals surface area contributed by atoms with E-state index in [2.05, 4.69) is 0 Å². The van der Waals surface area contributed by atoms with Crippen molar-refractivity contribution < 1.29 is 0 Å². The van der Waals surface area contributed by atoms with E-state index >= 15 is 0 Å². The van der Waals surface area contributed by atoms with Crippen molar-refractivity contribution in [3.63, 3.8) is 0 Å². The molecule has 114 valence electrons. The second-order valence-corrected chi connectivity index (χ2v) is 32.0. The van der Waals surface area contributed by atoms with Gasteiger partial charge in [-0.05, 0) is 16.9 Å². The molecule has 0 aromatic heterocycles. The van der Waals surface area contributed by atoms with Gasteiger partial charge in [0.15, 0.2) is 0 Å². The molecule has 0 rings (SSSR count). The van der Waals surface area contributed by atoms with Gasteiger partial charge in [-0.25, -0.2) is 0 Å². The Morgan fingerprint density at radius 1 is 0.737 bits per heavy atom. The molecule has 0 amide bonds. The highest BCUT2D eigenvalue weighted by Gasteiger charge is 2.49. The maximum Gasteiger partial charge on any atom is 0.340 e. The Morgan fingerprint density at radius 3 is 1.26 bits per heavy atom. The minimum absolute atomic E-state index is 0.0681. The third kappa shape index (κ3) is 9.26. The first-order valence-electron chi connectivity index (χ1n) is 5.36. The normalized spacial score (nSPS) is 17.2. The molecule has 0 aliphatic carbocycles. The lowest BCUT2D eigenvalue weighted by Gasteiger charge is -2.32. The first-order chi connectivity index (χ1) is 8.16. The first-order valence-corrected chi connectivity index (χ1v) is 20.8. The van der Waals surface area contributed by atoms with Crippen LogP contribution in [-0.4, -0.2) is 24.7 Å². The zero-order valence-electron chi connectivity index (χ0n) is 10.0. The lowest BCUT2D eigenvalue weighted by atomic mass is 9.42. The van der Waals surface area contributed by atoms with Crippen LogP contribution < -0.4 is 0 Å². The quantitative estimate of drug-likeness (QED) is 0.255. The molecule has 13 heteroatoms. The van der Waals surface area contributed by atoms with Crippen LogP contribution in [0.25, 0.3) is 0 Å². The van der Waals surface area contributed by atoms with Crippen LogP contribution in [0.5, 0.6) is 0 Å². The van der Waals surface area contributed by atoms with Gasteiger partial charge >= 0.3 is 18.0 Å². The Morgan fingerprint density at radius 2 is 1.05 bits per heavy atom. The van der Waals surface area contributed by atoms with Crippen LogP contribution >= 0.6 is 99.7 Å². The lowest BCUT2D eigenvalue weighted by molar-refractivity contribution is 1.13. The summed E-state index contributed by atoms with van der Waals surface area (Å²) in [6.07, 6.45) is 0.590. The van der Waals surface area contributed by atoms with Crippen LogP contribution in [0.2, 0.25) is 23.2 Å². The van der Waals surface area contributed by atoms with E-state index in [0.717, 1.165) is 0 Å². The molecule has 0 saturated heterocycles. The van der Waals surface area contributed by atoms with Gasteiger partial charge in [-0.3, -0.25) is 0 Å². The smallest absolute Gasteiger partial charge is 0.126 e. The van der Waals surface area contributed by atoms with Crippen molar-refractivity contribution in [2.24, 2.45) is 0 Å². The highest BCUT2D eigenvalue weighted by atomic mass is 35.9. The van der Waals surface area contributed by atoms with E-state index in [1.165, 1.54) is 0 Å². The van der Waals surface area contributed by atoms with Crippen LogP contribution in [-0.2, 0) is 0 Å². The van der Waals surface area contributed by atoms with Crippen molar-refractivity contribution in [3.05, 3.63) is 0 Å². The fourth-order valence-corrected chi connectivity index (χ4v) is 8.38. The Labute approximate surface area is 160 Å². The van der Waals surface area contributed by atoms with Gasteiger partial charge < -0.3 is 0 Å². The molecule has 0 aliphatic rings. The maximum atomic E-state index is 6.09. The molecule has 2 unspecified atom stereocenters. The van der Waals surface area contributed by atoms with Crippen molar-refractivity contribution in [2.75, 3.05) is 0 Å². The molecular weight excluding hydrogens is 486 g/mol. The zero-order valence-corrected chi connectivity index (χ0v) is 19.9. The predicted molar refractivity (Wildman–Crippen MR) is 104 cm³/mol. The Kier molecular flexibility index (Phi) is 9.91. The van der Waals surface area contributed by atoms with Gasteiger partial charge in [0.25, 0.3) is 0 Å². The summed E-state index contributed by atoms with van der Waals surface area (Å²) in [5.41, 5.74) is -0.339. The number of hydrogen-bond acceptors (Lipinski definition) is 0. The van der Waals surface area contributed by atoms with E-state index < -0.39 is 18.0 Å². The van der Waals surface area contributed by atoms with Gasteiger partial charge in [-0.15, -0.1) is 99.7 Å². The van der Waals surface area contributed by atoms with Crippen molar-refractivity contribution in [2.45, 2.75) is 37.1 Å². The monoisotopic (exact) mass is 494 g/mol. The van der Waals surface area contributed by atoms with Crippen LogP contribution in [0.3, 0.4) is 0 Å². The topological polar surface area (TPSA) is 0 Å². The summed E-state index contributed by atoms with van der Waals surface area (Å²) in [5, 5.41) is 0. The molecule has 2 atom stereocenters. The highest BCUT2D eigenvalue weighted by molar-refractivity contribution is 7.69. The van der Waals surface area contributed by atoms with E-state index in [1.807, 2.05) is 13.8 Å². The molecule has 0 fully saturated rings. The van der Waals surface area contributed by atoms with E-state index in [9.17, 15) is 0 Å². The molecule has 0 nitrogen and oxygen atoms in total. The minimum atomic E-state index is -2.91. The van der Waals surface area contributed by atoms with E-state index in [4.69, 9.17) is 99.7 Å². The van der Waals surface area contributed by atoms with Gasteiger partial charge in [0.2, 0.25) is 0 Å². The fraction of sp³-hybridized carbons (Fsp3) is 1.00. The summed E-state index contributed by atoms with van der Waals surface area (Å²) in [4.78, 5) is 0. The SMILES string of the molecule is CC(B(CC[Si](Cl)(Cl)Cl)C(C)[Si](Cl)(Cl)Cl)[Si](Cl)(Cl)Cl. The van der Waals surface area contributed by atoms with Gasteiger partial charge in [0, 0.05) is 0 Å². The summed E-state index contributed by atoms with van der Waals surface area (Å²) in [6.45, 7) is 3.66. The molecule has 0 aliphatic heterocycles. The van der Waals surface area contributed by atoms with Gasteiger partial charge in [-0.1, -0.05) is 20.2 Å². The van der Waals surface area contributed by atoms with Gasteiger partial charge in [-0.2, -0.15) is 0 Å². The fourth-order valence-electron chi connectivity index (χ4n) is 1.75. The molecule has 0 aromatic rings. The summed E-state index contributed by atoms with van der Waals surface area (Å²) in [7, 11) is 0. The van der Waals surface area contributed by atoms with E-state index in [0.29, 0.717) is 12.4 Å². The molecule has 0 aromatic carbocycles. The summed E-state index contributed by atoms with van der Waals surface area (Å²) in [6, 6.07) is -8.11. The molecule has 0 heterocycles. The highest BCUT2D eigenvalue weighted by Crippen LogP contribution is 2.47. The Balaban J connectivity index is 5.05. The third-order valence-electron chi connectivity index (χ3n) is 3.08. The molecule has 0 radical (unpaired) electrons. The van der Waals surface area contributed by atoms with Crippen LogP contribution in [0.15, 0.2) is 0 Å². The molecule has 0 N–H and O–H groups in total. The molecule has 19 heavy (non-hydrogen) atoms. The molecule has 0 bridgehead atoms. The average molecular weight is 498 g/mol. The Bertz CT molecular complexity index is 265. The Hall–Kier alpha value is 3.33. The van der Waals surface area contributed by atoms with Crippen molar-refractivity contribution in [1.29, 1.82) is 0 Å². The van der Waals surface area contributed by atoms with Crippen LogP contribution in [0.4, 0.5) is 0 Å². The number of rotatable bonds is 7. The standard InChI is InChI=1S/C6H12BCl9Si3/c1-5(18(11,12)13)7(3-4-17(8,9)10)6(2)19(14,15)16/h5-6H,3-4H2,1-2H3. The number of hydrogen-bond donors (Lipinski definition) is 0. The largest absolute Gasteiger partial charge is 0.340 e. The van der Waals surface area contributed by atoms with E-state index in [1.54, 1.807) is 0 Å². The van der Waals surface area contributed by atoms with Crippen molar-refractivity contribution in [3.8, 4) is 0 Å². The van der Waals surface area contributed by atoms with Crippen molar-refractivity contribution in [1.82, 2.24) is 0 Å². The first kappa shape index (κ1) is 22.3. The van der Waals surface area contributed by atoms with Gasteiger partial charge in [0.05, 0.1) is 0 Å². The predicted octanol–water partition coefficient (Wildman–Crippen LogP) is 7.31. The van der Waals surface area contributed by atoms with Crippen LogP contribution in [0.1, 0.15) is 13.8 Å². The van der Waals surface area contributed by atoms with Crippen LogP contribution in [0, 0.1) is 0 Å². The molecule has 0 saturated carbocycles. The van der Waals surface area contributed by atoms with Gasteiger partial charge in [0.1, 0.15) is 6.71 Å². The number of halogens is 9. The second-order valence-electron chi connectivity index (χ2n) is 4.48. The summed E-state index contributed by atoms with van der Waals surface area (Å²) >= 11 is 54.3. The summed E-state index contributed by atoms with van der Waals surface area (Å²) < 4.78 is 0. The summed E-state index contributed by atoms with van der Waals surface area (Å²) in [5.74, 6) is 0. The second kappa shape index (κ2) is 8.43. The van der Waals surface area contributed by atoms with E-state index in [-0.39, 0.29) is 17.6 Å². The third-order valence-corrected chi connectivity index (χ3v) is 14.8. The average Bonchev–Trinajstić information content (AvgIpc) is 2.12. The molecular formula is C6H12BCl9Si3. The zero-order chi connectivity index (χ0) is 15.6. The molecule has 0 spiro atoms. The lowest BCUT2D eigenvalue weighted by Crippen LogP contribution is -2.41. The van der Waals surface area contributed by atoms with Crippen molar-refractivity contribution >= 4 is 124 Å². The minimum Gasteiger partial charge on any atom is -0.126 e. The maximum absolute atomic E-state index is 6.09.